The van der Waals surface area contributed by atoms with E-state index in [2.05, 4.69) is 10.3 Å². The van der Waals surface area contributed by atoms with Crippen molar-refractivity contribution < 1.29 is 17.6 Å². The lowest BCUT2D eigenvalue weighted by Gasteiger charge is -2.09. The standard InChI is InChI=1S/C27H21FN2O3S/c1-16-26(34(2,32)33)24(17-8-4-3-5-9-17)23(29-16)15-21-25-20(18-10-6-11-19(28)14-18)12-7-13-22(25)30-27(21)31/h3-15,29H,1-2H3,(H,30,31)/b21-15-. The van der Waals surface area contributed by atoms with Crippen molar-refractivity contribution in [2.45, 2.75) is 11.8 Å². The van der Waals surface area contributed by atoms with Crippen LogP contribution in [0.5, 0.6) is 0 Å². The maximum absolute atomic E-state index is 14.0. The molecule has 0 radical (unpaired) electrons. The van der Waals surface area contributed by atoms with Crippen LogP contribution < -0.4 is 5.32 Å². The molecular formula is C27H21FN2O3S. The van der Waals surface area contributed by atoms with Crippen LogP contribution in [0.3, 0.4) is 0 Å². The maximum atomic E-state index is 14.0. The van der Waals surface area contributed by atoms with Gasteiger partial charge in [-0.25, -0.2) is 12.8 Å². The molecule has 1 aromatic heterocycles. The van der Waals surface area contributed by atoms with Gasteiger partial charge in [0.05, 0.1) is 10.5 Å². The third-order valence-electron chi connectivity index (χ3n) is 5.84. The van der Waals surface area contributed by atoms with Gasteiger partial charge in [-0.2, -0.15) is 0 Å². The van der Waals surface area contributed by atoms with Crippen LogP contribution in [0.25, 0.3) is 33.9 Å². The molecular weight excluding hydrogens is 451 g/mol. The van der Waals surface area contributed by atoms with Gasteiger partial charge in [0.2, 0.25) is 0 Å². The van der Waals surface area contributed by atoms with Crippen LogP contribution in [0.2, 0.25) is 0 Å². The first-order valence-electron chi connectivity index (χ1n) is 10.6. The summed E-state index contributed by atoms with van der Waals surface area (Å²) in [7, 11) is -3.56. The zero-order valence-electron chi connectivity index (χ0n) is 18.5. The number of hydrogen-bond donors (Lipinski definition) is 2. The summed E-state index contributed by atoms with van der Waals surface area (Å²) in [5.41, 5.74) is 5.20. The summed E-state index contributed by atoms with van der Waals surface area (Å²) in [6.07, 6.45) is 2.85. The minimum Gasteiger partial charge on any atom is -0.357 e. The number of H-pyrrole nitrogens is 1. The molecule has 0 bridgehead atoms. The number of rotatable bonds is 4. The predicted octanol–water partition coefficient (Wildman–Crippen LogP) is 5.69. The SMILES string of the molecule is Cc1[nH]c(/C=C2\C(=O)Nc3cccc(-c4cccc(F)c4)c32)c(-c2ccccc2)c1S(C)(=O)=O. The highest BCUT2D eigenvalue weighted by molar-refractivity contribution is 7.91. The zero-order valence-corrected chi connectivity index (χ0v) is 19.3. The van der Waals surface area contributed by atoms with Crippen LogP contribution in [0, 0.1) is 12.7 Å². The fourth-order valence-electron chi connectivity index (χ4n) is 4.52. The quantitative estimate of drug-likeness (QED) is 0.375. The second kappa shape index (κ2) is 8.11. The lowest BCUT2D eigenvalue weighted by Crippen LogP contribution is -2.04. The van der Waals surface area contributed by atoms with Crippen LogP contribution in [0.4, 0.5) is 10.1 Å². The molecule has 0 spiro atoms. The highest BCUT2D eigenvalue weighted by Gasteiger charge is 2.29. The Balaban J connectivity index is 1.77. The summed E-state index contributed by atoms with van der Waals surface area (Å²) in [5, 5.41) is 2.87. The van der Waals surface area contributed by atoms with Crippen molar-refractivity contribution in [3.63, 3.8) is 0 Å². The number of aromatic amines is 1. The Hall–Kier alpha value is -3.97. The monoisotopic (exact) mass is 472 g/mol. The number of sulfone groups is 1. The van der Waals surface area contributed by atoms with Crippen molar-refractivity contribution in [3.8, 4) is 22.3 Å². The number of halogens is 1. The molecule has 3 aromatic carbocycles. The van der Waals surface area contributed by atoms with Gasteiger partial charge in [-0.1, -0.05) is 54.6 Å². The van der Waals surface area contributed by atoms with Gasteiger partial charge < -0.3 is 10.3 Å². The average molecular weight is 473 g/mol. The Kier molecular flexibility index (Phi) is 5.21. The molecule has 1 aliphatic rings. The van der Waals surface area contributed by atoms with Crippen LogP contribution in [-0.4, -0.2) is 25.6 Å². The number of fused-ring (bicyclic) bond motifs is 1. The van der Waals surface area contributed by atoms with Gasteiger partial charge >= 0.3 is 0 Å². The van der Waals surface area contributed by atoms with Crippen LogP contribution in [-0.2, 0) is 14.6 Å². The average Bonchev–Trinajstić information content (AvgIpc) is 3.30. The Bertz CT molecular complexity index is 1590. The van der Waals surface area contributed by atoms with Crippen LogP contribution in [0.1, 0.15) is 17.0 Å². The third kappa shape index (κ3) is 3.74. The maximum Gasteiger partial charge on any atom is 0.256 e. The molecule has 0 aliphatic carbocycles. The Morgan fingerprint density at radius 3 is 2.29 bits per heavy atom. The van der Waals surface area contributed by atoms with Gasteiger partial charge in [-0.15, -0.1) is 0 Å². The number of carbonyl (C=O) groups is 1. The van der Waals surface area contributed by atoms with Gasteiger partial charge in [0.15, 0.2) is 9.84 Å². The summed E-state index contributed by atoms with van der Waals surface area (Å²) in [6, 6.07) is 20.8. The molecule has 2 heterocycles. The second-order valence-corrected chi connectivity index (χ2v) is 10.2. The molecule has 170 valence electrons. The molecule has 1 aliphatic heterocycles. The Morgan fingerprint density at radius 2 is 1.59 bits per heavy atom. The lowest BCUT2D eigenvalue weighted by atomic mass is 9.93. The first-order valence-corrected chi connectivity index (χ1v) is 12.5. The van der Waals surface area contributed by atoms with E-state index < -0.39 is 9.84 Å². The molecule has 4 aromatic rings. The van der Waals surface area contributed by atoms with Crippen molar-refractivity contribution in [3.05, 3.63) is 95.6 Å². The molecule has 7 heteroatoms. The summed E-state index contributed by atoms with van der Waals surface area (Å²) < 4.78 is 39.3. The van der Waals surface area contributed by atoms with E-state index in [1.54, 1.807) is 37.3 Å². The van der Waals surface area contributed by atoms with E-state index in [1.165, 1.54) is 18.4 Å². The molecule has 0 saturated carbocycles. The fraction of sp³-hybridized carbons (Fsp3) is 0.0741. The van der Waals surface area contributed by atoms with Crippen molar-refractivity contribution in [1.29, 1.82) is 0 Å². The molecule has 0 unspecified atom stereocenters. The number of amides is 1. The summed E-state index contributed by atoms with van der Waals surface area (Å²) in [4.78, 5) is 16.4. The topological polar surface area (TPSA) is 79.0 Å². The molecule has 0 saturated heterocycles. The smallest absolute Gasteiger partial charge is 0.256 e. The lowest BCUT2D eigenvalue weighted by molar-refractivity contribution is -0.110. The van der Waals surface area contributed by atoms with E-state index in [4.69, 9.17) is 0 Å². The minimum atomic E-state index is -3.56. The van der Waals surface area contributed by atoms with Gasteiger partial charge in [-0.3, -0.25) is 4.79 Å². The molecule has 0 fully saturated rings. The Morgan fingerprint density at radius 1 is 0.882 bits per heavy atom. The van der Waals surface area contributed by atoms with E-state index in [0.29, 0.717) is 44.9 Å². The highest BCUT2D eigenvalue weighted by Crippen LogP contribution is 2.42. The normalized spacial score (nSPS) is 14.3. The first kappa shape index (κ1) is 21.9. The van der Waals surface area contributed by atoms with Gasteiger partial charge in [0.25, 0.3) is 5.91 Å². The number of nitrogens with one attached hydrogen (secondary N) is 2. The molecule has 34 heavy (non-hydrogen) atoms. The van der Waals surface area contributed by atoms with Crippen LogP contribution in [0.15, 0.2) is 77.7 Å². The fourth-order valence-corrected chi connectivity index (χ4v) is 5.73. The third-order valence-corrected chi connectivity index (χ3v) is 7.10. The number of benzene rings is 3. The van der Waals surface area contributed by atoms with Gasteiger partial charge in [-0.05, 0) is 47.9 Å². The van der Waals surface area contributed by atoms with Gasteiger partial charge in [0.1, 0.15) is 5.82 Å². The molecule has 0 atom stereocenters. The van der Waals surface area contributed by atoms with E-state index in [-0.39, 0.29) is 16.6 Å². The van der Waals surface area contributed by atoms with Crippen molar-refractivity contribution in [2.24, 2.45) is 0 Å². The minimum absolute atomic E-state index is 0.197. The number of anilines is 1. The summed E-state index contributed by atoms with van der Waals surface area (Å²) in [5.74, 6) is -0.687. The number of hydrogen-bond acceptors (Lipinski definition) is 3. The summed E-state index contributed by atoms with van der Waals surface area (Å²) in [6.45, 7) is 1.70. The highest BCUT2D eigenvalue weighted by atomic mass is 32.2. The predicted molar refractivity (Wildman–Crippen MR) is 132 cm³/mol. The van der Waals surface area contributed by atoms with Crippen molar-refractivity contribution in [1.82, 2.24) is 4.98 Å². The number of aromatic nitrogens is 1. The number of aryl methyl sites for hydroxylation is 1. The largest absolute Gasteiger partial charge is 0.357 e. The molecule has 1 amide bonds. The molecule has 2 N–H and O–H groups in total. The Labute approximate surface area is 196 Å². The summed E-state index contributed by atoms with van der Waals surface area (Å²) >= 11 is 0. The second-order valence-electron chi connectivity index (χ2n) is 8.26. The van der Waals surface area contributed by atoms with Crippen molar-refractivity contribution >= 4 is 33.1 Å². The van der Waals surface area contributed by atoms with Crippen molar-refractivity contribution in [2.75, 3.05) is 11.6 Å². The number of carbonyl (C=O) groups excluding carboxylic acids is 1. The van der Waals surface area contributed by atoms with Crippen LogP contribution >= 0.6 is 0 Å². The van der Waals surface area contributed by atoms with Gasteiger partial charge in [0, 0.05) is 34.5 Å². The molecule has 5 nitrogen and oxygen atoms in total. The zero-order chi connectivity index (χ0) is 24.0. The van der Waals surface area contributed by atoms with E-state index in [9.17, 15) is 17.6 Å². The first-order chi connectivity index (χ1) is 16.2. The van der Waals surface area contributed by atoms with E-state index in [0.717, 1.165) is 5.56 Å². The molecule has 5 rings (SSSR count). The van der Waals surface area contributed by atoms with E-state index >= 15 is 0 Å². The van der Waals surface area contributed by atoms with E-state index in [1.807, 2.05) is 36.4 Å².